The van der Waals surface area contributed by atoms with Gasteiger partial charge in [-0.1, -0.05) is 37.6 Å². The molecule has 1 aromatic rings. The first-order valence-electron chi connectivity index (χ1n) is 14.9. The average Bonchev–Trinajstić information content (AvgIpc) is 2.94. The summed E-state index contributed by atoms with van der Waals surface area (Å²) in [4.78, 5) is 48.9. The molecule has 0 spiro atoms. The highest BCUT2D eigenvalue weighted by Gasteiger charge is 2.40. The number of amides is 2. The van der Waals surface area contributed by atoms with Crippen molar-refractivity contribution in [3.8, 4) is 0 Å². The molecule has 12 nitrogen and oxygen atoms in total. The first kappa shape index (κ1) is 37.2. The molecule has 0 aromatic heterocycles. The molecule has 0 unspecified atom stereocenters. The average molecular weight is 639 g/mol. The first-order chi connectivity index (χ1) is 20.5. The molecule has 3 rings (SSSR count). The number of nitrogens with two attached hydrogens (primary N) is 1. The molecule has 1 aliphatic heterocycles. The molecule has 246 valence electrons. The van der Waals surface area contributed by atoms with Crippen molar-refractivity contribution in [1.82, 2.24) is 10.2 Å². The molecule has 0 bridgehead atoms. The minimum absolute atomic E-state index is 0.0400. The molecule has 1 saturated heterocycles. The second-order valence-electron chi connectivity index (χ2n) is 12.5. The Morgan fingerprint density at radius 2 is 1.66 bits per heavy atom. The number of aliphatic hydroxyl groups excluding tert-OH is 2. The van der Waals surface area contributed by atoms with Gasteiger partial charge >= 0.3 is 11.9 Å². The maximum Gasteiger partial charge on any atom is 0.328 e. The zero-order valence-electron chi connectivity index (χ0n) is 25.9. The van der Waals surface area contributed by atoms with Gasteiger partial charge in [0.25, 0.3) is 0 Å². The fourth-order valence-electron chi connectivity index (χ4n) is 5.40. The maximum absolute atomic E-state index is 13.0. The van der Waals surface area contributed by atoms with Gasteiger partial charge in [-0.15, -0.1) is 0 Å². The highest BCUT2D eigenvalue weighted by atomic mass is 35.5. The minimum atomic E-state index is -1.26. The van der Waals surface area contributed by atoms with Crippen molar-refractivity contribution in [2.75, 3.05) is 24.5 Å². The maximum atomic E-state index is 13.0. The molecular weight excluding hydrogens is 592 g/mol. The quantitative estimate of drug-likeness (QED) is 0.196. The Kier molecular flexibility index (Phi) is 14.3. The number of benzene rings is 1. The minimum Gasteiger partial charge on any atom is -0.478 e. The van der Waals surface area contributed by atoms with E-state index in [-0.39, 0.29) is 54.3 Å². The molecule has 2 amide bonds. The van der Waals surface area contributed by atoms with E-state index in [1.54, 1.807) is 11.0 Å². The SMILES string of the molecule is CC(C)[C@H](C[C@H](O)[C@@H](N)CN1CC(=O)N(c2ccccc2Cl)CC1(C)C)C(=O)NC1CCC(O)CC1.O=C(O)C=CC(=O)O. The number of aliphatic hydroxyl groups is 2. The topological polar surface area (TPSA) is 194 Å². The Labute approximate surface area is 263 Å². The lowest BCUT2D eigenvalue weighted by molar-refractivity contribution is -0.134. The number of para-hydroxylation sites is 1. The Morgan fingerprint density at radius 1 is 1.09 bits per heavy atom. The standard InChI is InChI=1S/C27H43ClN4O4.C4H4O4/c1-17(2)20(26(36)30-18-9-11-19(33)12-10-18)13-24(34)22(29)14-31-15-25(35)32(16-27(31,3)4)23-8-6-5-7-21(23)28;5-3(6)1-2-4(7)8/h5-8,17-20,22,24,33-34H,9-16,29H2,1-4H3,(H,30,36);1-2H,(H,5,6)(H,7,8)/t18?,19?,20-,22-,24-;/m0./s1. The lowest BCUT2D eigenvalue weighted by Gasteiger charge is -2.48. The number of anilines is 1. The lowest BCUT2D eigenvalue weighted by Crippen LogP contribution is -2.64. The highest BCUT2D eigenvalue weighted by molar-refractivity contribution is 6.33. The van der Waals surface area contributed by atoms with Crippen LogP contribution < -0.4 is 16.0 Å². The fraction of sp³-hybridized carbons (Fsp3) is 0.613. The summed E-state index contributed by atoms with van der Waals surface area (Å²) in [5.41, 5.74) is 6.75. The summed E-state index contributed by atoms with van der Waals surface area (Å²) in [6, 6.07) is 6.77. The molecular formula is C31H47ClN4O8. The number of hydrogen-bond donors (Lipinski definition) is 6. The van der Waals surface area contributed by atoms with Crippen LogP contribution in [0.25, 0.3) is 0 Å². The molecule has 7 N–H and O–H groups in total. The van der Waals surface area contributed by atoms with E-state index in [0.717, 1.165) is 12.8 Å². The molecule has 1 heterocycles. The largest absolute Gasteiger partial charge is 0.478 e. The molecule has 13 heteroatoms. The van der Waals surface area contributed by atoms with Gasteiger partial charge in [0.1, 0.15) is 0 Å². The Hall–Kier alpha value is -3.03. The summed E-state index contributed by atoms with van der Waals surface area (Å²) < 4.78 is 0. The van der Waals surface area contributed by atoms with Crippen molar-refractivity contribution in [3.63, 3.8) is 0 Å². The summed E-state index contributed by atoms with van der Waals surface area (Å²) in [5, 5.41) is 40.0. The predicted octanol–water partition coefficient (Wildman–Crippen LogP) is 2.25. The van der Waals surface area contributed by atoms with Crippen molar-refractivity contribution in [3.05, 3.63) is 41.4 Å². The molecule has 1 saturated carbocycles. The zero-order valence-corrected chi connectivity index (χ0v) is 26.6. The van der Waals surface area contributed by atoms with E-state index < -0.39 is 24.1 Å². The number of carbonyl (C=O) groups is 4. The van der Waals surface area contributed by atoms with Crippen LogP contribution in [0.15, 0.2) is 36.4 Å². The molecule has 2 fully saturated rings. The highest BCUT2D eigenvalue weighted by Crippen LogP contribution is 2.31. The van der Waals surface area contributed by atoms with E-state index in [2.05, 4.69) is 5.32 Å². The Bertz CT molecular complexity index is 1150. The molecule has 0 radical (unpaired) electrons. The summed E-state index contributed by atoms with van der Waals surface area (Å²) in [5.74, 6) is -2.98. The molecule has 2 aliphatic rings. The third-order valence-corrected chi connectivity index (χ3v) is 8.47. The van der Waals surface area contributed by atoms with Crippen LogP contribution in [0.1, 0.15) is 59.8 Å². The van der Waals surface area contributed by atoms with Crippen LogP contribution in [0.2, 0.25) is 5.02 Å². The summed E-state index contributed by atoms with van der Waals surface area (Å²) in [6.45, 7) is 9.00. The van der Waals surface area contributed by atoms with Crippen LogP contribution in [0, 0.1) is 11.8 Å². The zero-order chi connectivity index (χ0) is 33.2. The third kappa shape index (κ3) is 11.5. The van der Waals surface area contributed by atoms with E-state index in [0.29, 0.717) is 48.8 Å². The second-order valence-corrected chi connectivity index (χ2v) is 12.9. The van der Waals surface area contributed by atoms with Crippen LogP contribution >= 0.6 is 11.6 Å². The van der Waals surface area contributed by atoms with Crippen LogP contribution in [-0.4, -0.2) is 98.5 Å². The van der Waals surface area contributed by atoms with Crippen molar-refractivity contribution in [2.45, 2.75) is 89.6 Å². The van der Waals surface area contributed by atoms with Crippen LogP contribution in [-0.2, 0) is 19.2 Å². The number of nitrogens with zero attached hydrogens (tertiary/aromatic N) is 2. The number of hydrogen-bond acceptors (Lipinski definition) is 8. The van der Waals surface area contributed by atoms with E-state index >= 15 is 0 Å². The van der Waals surface area contributed by atoms with Gasteiger partial charge in [-0.25, -0.2) is 9.59 Å². The Morgan fingerprint density at radius 3 is 2.18 bits per heavy atom. The van der Waals surface area contributed by atoms with Crippen LogP contribution in [0.3, 0.4) is 0 Å². The van der Waals surface area contributed by atoms with Crippen LogP contribution in [0.4, 0.5) is 5.69 Å². The smallest absolute Gasteiger partial charge is 0.328 e. The van der Waals surface area contributed by atoms with Gasteiger partial charge < -0.3 is 36.4 Å². The number of carboxylic acid groups (broad SMARTS) is 2. The molecule has 3 atom stereocenters. The lowest BCUT2D eigenvalue weighted by atomic mass is 9.86. The van der Waals surface area contributed by atoms with Gasteiger partial charge in [-0.3, -0.25) is 14.5 Å². The monoisotopic (exact) mass is 638 g/mol. The van der Waals surface area contributed by atoms with Gasteiger partial charge in [-0.05, 0) is 64.0 Å². The number of rotatable bonds is 11. The van der Waals surface area contributed by atoms with E-state index in [9.17, 15) is 29.4 Å². The molecule has 1 aromatic carbocycles. The Balaban J connectivity index is 0.000000742. The first-order valence-corrected chi connectivity index (χ1v) is 15.3. The van der Waals surface area contributed by atoms with Gasteiger partial charge in [0.15, 0.2) is 0 Å². The molecule has 1 aliphatic carbocycles. The summed E-state index contributed by atoms with van der Waals surface area (Å²) >= 11 is 6.34. The van der Waals surface area contributed by atoms with Crippen molar-refractivity contribution in [2.24, 2.45) is 17.6 Å². The number of carboxylic acids is 2. The van der Waals surface area contributed by atoms with Gasteiger partial charge in [-0.2, -0.15) is 0 Å². The second kappa shape index (κ2) is 16.9. The van der Waals surface area contributed by atoms with Gasteiger partial charge in [0.05, 0.1) is 29.5 Å². The van der Waals surface area contributed by atoms with Crippen molar-refractivity contribution < 1.29 is 39.6 Å². The number of piperazine rings is 1. The number of halogens is 1. The van der Waals surface area contributed by atoms with Gasteiger partial charge in [0.2, 0.25) is 11.8 Å². The van der Waals surface area contributed by atoms with Crippen molar-refractivity contribution in [1.29, 1.82) is 0 Å². The van der Waals surface area contributed by atoms with E-state index in [1.165, 1.54) is 0 Å². The predicted molar refractivity (Wildman–Crippen MR) is 167 cm³/mol. The fourth-order valence-corrected chi connectivity index (χ4v) is 5.64. The summed E-state index contributed by atoms with van der Waals surface area (Å²) in [7, 11) is 0. The van der Waals surface area contributed by atoms with Crippen molar-refractivity contribution >= 4 is 41.0 Å². The normalized spacial score (nSPS) is 22.6. The van der Waals surface area contributed by atoms with Crippen LogP contribution in [0.5, 0.6) is 0 Å². The van der Waals surface area contributed by atoms with Gasteiger partial charge in [0, 0.05) is 48.8 Å². The third-order valence-electron chi connectivity index (χ3n) is 8.15. The number of carbonyl (C=O) groups excluding carboxylic acids is 2. The number of nitrogens with one attached hydrogen (secondary N) is 1. The van der Waals surface area contributed by atoms with E-state index in [4.69, 9.17) is 27.5 Å². The summed E-state index contributed by atoms with van der Waals surface area (Å²) in [6.07, 6.45) is 3.14. The molecule has 44 heavy (non-hydrogen) atoms. The number of aliphatic carboxylic acids is 2. The van der Waals surface area contributed by atoms with E-state index in [1.807, 2.05) is 50.8 Å².